The summed E-state index contributed by atoms with van der Waals surface area (Å²) in [7, 11) is 0. The molecule has 5 heteroatoms. The highest BCUT2D eigenvalue weighted by atomic mass is 16.6. The van der Waals surface area contributed by atoms with Gasteiger partial charge in [0.15, 0.2) is 0 Å². The van der Waals surface area contributed by atoms with Gasteiger partial charge >= 0.3 is 6.09 Å². The molecule has 1 amide bonds. The fourth-order valence-electron chi connectivity index (χ4n) is 1.50. The Labute approximate surface area is 95.3 Å². The number of aliphatic hydroxyl groups excluding tert-OH is 2. The van der Waals surface area contributed by atoms with Gasteiger partial charge in [0, 0.05) is 6.54 Å². The molecule has 0 saturated heterocycles. The molecular formula is C11H19NO4. The summed E-state index contributed by atoms with van der Waals surface area (Å²) in [4.78, 5) is 13.2. The average molecular weight is 229 g/mol. The van der Waals surface area contributed by atoms with E-state index < -0.39 is 23.8 Å². The van der Waals surface area contributed by atoms with E-state index in [0.29, 0.717) is 6.54 Å². The molecule has 92 valence electrons. The predicted octanol–water partition coefficient (Wildman–Crippen LogP) is 0.515. The minimum atomic E-state index is -0.966. The first-order valence-corrected chi connectivity index (χ1v) is 5.30. The van der Waals surface area contributed by atoms with Gasteiger partial charge in [0.05, 0.1) is 12.6 Å². The van der Waals surface area contributed by atoms with Gasteiger partial charge in [-0.15, -0.1) is 0 Å². The zero-order valence-corrected chi connectivity index (χ0v) is 9.88. The number of aliphatic hydroxyl groups is 2. The molecule has 1 aliphatic rings. The van der Waals surface area contributed by atoms with Crippen molar-refractivity contribution in [1.29, 1.82) is 0 Å². The first kappa shape index (κ1) is 13.0. The van der Waals surface area contributed by atoms with Gasteiger partial charge < -0.3 is 14.9 Å². The minimum Gasteiger partial charge on any atom is -0.444 e. The molecule has 1 aliphatic heterocycles. The van der Waals surface area contributed by atoms with Gasteiger partial charge in [-0.2, -0.15) is 0 Å². The summed E-state index contributed by atoms with van der Waals surface area (Å²) in [5.74, 6) is 0. The quantitative estimate of drug-likeness (QED) is 0.677. The van der Waals surface area contributed by atoms with Gasteiger partial charge in [0.1, 0.15) is 11.7 Å². The number of ether oxygens (including phenoxy) is 1. The highest BCUT2D eigenvalue weighted by Gasteiger charge is 2.32. The van der Waals surface area contributed by atoms with E-state index in [9.17, 15) is 9.90 Å². The van der Waals surface area contributed by atoms with Crippen LogP contribution in [0.4, 0.5) is 4.79 Å². The molecule has 5 nitrogen and oxygen atoms in total. The SMILES string of the molecule is CC(C)(C)OC(=O)N1CC=CC1C(O)CO. The maximum Gasteiger partial charge on any atom is 0.411 e. The van der Waals surface area contributed by atoms with Crippen molar-refractivity contribution in [3.8, 4) is 0 Å². The van der Waals surface area contributed by atoms with Crippen LogP contribution in [0.3, 0.4) is 0 Å². The zero-order valence-electron chi connectivity index (χ0n) is 9.88. The molecule has 0 aliphatic carbocycles. The second-order valence-electron chi connectivity index (χ2n) is 4.80. The van der Waals surface area contributed by atoms with Gasteiger partial charge in [-0.3, -0.25) is 4.90 Å². The van der Waals surface area contributed by atoms with E-state index in [-0.39, 0.29) is 6.61 Å². The second-order valence-corrected chi connectivity index (χ2v) is 4.80. The van der Waals surface area contributed by atoms with E-state index in [1.165, 1.54) is 4.90 Å². The molecule has 2 N–H and O–H groups in total. The lowest BCUT2D eigenvalue weighted by atomic mass is 10.1. The Hall–Kier alpha value is -1.07. The van der Waals surface area contributed by atoms with Gasteiger partial charge in [-0.25, -0.2) is 4.79 Å². The molecule has 0 bridgehead atoms. The van der Waals surface area contributed by atoms with Crippen molar-refractivity contribution in [2.45, 2.75) is 38.5 Å². The van der Waals surface area contributed by atoms with Crippen LogP contribution in [-0.4, -0.2) is 52.1 Å². The molecule has 0 spiro atoms. The van der Waals surface area contributed by atoms with Gasteiger partial charge in [-0.05, 0) is 20.8 Å². The number of rotatable bonds is 2. The van der Waals surface area contributed by atoms with E-state index in [2.05, 4.69) is 0 Å². The molecule has 0 radical (unpaired) electrons. The topological polar surface area (TPSA) is 70.0 Å². The monoisotopic (exact) mass is 229 g/mol. The Morgan fingerprint density at radius 3 is 2.75 bits per heavy atom. The van der Waals surface area contributed by atoms with Crippen molar-refractivity contribution >= 4 is 6.09 Å². The third kappa shape index (κ3) is 3.21. The summed E-state index contributed by atoms with van der Waals surface area (Å²) in [6.07, 6.45) is 2.03. The summed E-state index contributed by atoms with van der Waals surface area (Å²) in [5, 5.41) is 18.4. The summed E-state index contributed by atoms with van der Waals surface area (Å²) in [6.45, 7) is 5.37. The fraction of sp³-hybridized carbons (Fsp3) is 0.727. The van der Waals surface area contributed by atoms with Crippen LogP contribution in [0, 0.1) is 0 Å². The Morgan fingerprint density at radius 2 is 2.25 bits per heavy atom. The first-order chi connectivity index (χ1) is 7.35. The molecule has 0 aromatic heterocycles. The van der Waals surface area contributed by atoms with Crippen LogP contribution < -0.4 is 0 Å². The second kappa shape index (κ2) is 4.84. The van der Waals surface area contributed by atoms with Crippen LogP contribution in [0.1, 0.15) is 20.8 Å². The third-order valence-electron chi connectivity index (χ3n) is 2.20. The van der Waals surface area contributed by atoms with Gasteiger partial charge in [0.2, 0.25) is 0 Å². The van der Waals surface area contributed by atoms with Crippen LogP contribution in [0.5, 0.6) is 0 Å². The van der Waals surface area contributed by atoms with E-state index >= 15 is 0 Å². The standard InChI is InChI=1S/C11H19NO4/c1-11(2,3)16-10(15)12-6-4-5-8(12)9(14)7-13/h4-5,8-9,13-14H,6-7H2,1-3H3. The molecule has 0 saturated carbocycles. The smallest absolute Gasteiger partial charge is 0.411 e. The van der Waals surface area contributed by atoms with Crippen LogP contribution in [0.25, 0.3) is 0 Å². The maximum atomic E-state index is 11.8. The molecule has 2 unspecified atom stereocenters. The number of carbonyl (C=O) groups excluding carboxylic acids is 1. The van der Waals surface area contributed by atoms with Gasteiger partial charge in [-0.1, -0.05) is 12.2 Å². The normalized spacial score (nSPS) is 22.3. The summed E-state index contributed by atoms with van der Waals surface area (Å²) >= 11 is 0. The van der Waals surface area contributed by atoms with E-state index in [0.717, 1.165) is 0 Å². The lowest BCUT2D eigenvalue weighted by Crippen LogP contribution is -2.46. The fourth-order valence-corrected chi connectivity index (χ4v) is 1.50. The number of hydrogen-bond acceptors (Lipinski definition) is 4. The van der Waals surface area contributed by atoms with E-state index in [1.54, 1.807) is 32.9 Å². The average Bonchev–Trinajstić information content (AvgIpc) is 2.62. The first-order valence-electron chi connectivity index (χ1n) is 5.30. The number of amides is 1. The Bertz CT molecular complexity index is 282. The Morgan fingerprint density at radius 1 is 1.62 bits per heavy atom. The number of carbonyl (C=O) groups is 1. The highest BCUT2D eigenvalue weighted by molar-refractivity contribution is 5.70. The molecule has 0 aromatic carbocycles. The van der Waals surface area contributed by atoms with Crippen LogP contribution >= 0.6 is 0 Å². The van der Waals surface area contributed by atoms with Crippen molar-refractivity contribution in [2.75, 3.05) is 13.2 Å². The van der Waals surface area contributed by atoms with Crippen molar-refractivity contribution < 1.29 is 19.7 Å². The van der Waals surface area contributed by atoms with Crippen LogP contribution in [0.15, 0.2) is 12.2 Å². The molecular weight excluding hydrogens is 210 g/mol. The summed E-state index contributed by atoms with van der Waals surface area (Å²) in [6, 6.07) is -0.500. The van der Waals surface area contributed by atoms with E-state index in [4.69, 9.17) is 9.84 Å². The Balaban J connectivity index is 2.63. The summed E-state index contributed by atoms with van der Waals surface area (Å²) < 4.78 is 5.20. The lowest BCUT2D eigenvalue weighted by Gasteiger charge is -2.30. The molecule has 2 atom stereocenters. The predicted molar refractivity (Wildman–Crippen MR) is 59.0 cm³/mol. The maximum absolute atomic E-state index is 11.8. The molecule has 1 heterocycles. The van der Waals surface area contributed by atoms with Crippen LogP contribution in [-0.2, 0) is 4.74 Å². The third-order valence-corrected chi connectivity index (χ3v) is 2.20. The highest BCUT2D eigenvalue weighted by Crippen LogP contribution is 2.18. The number of hydrogen-bond donors (Lipinski definition) is 2. The van der Waals surface area contributed by atoms with Crippen molar-refractivity contribution in [3.63, 3.8) is 0 Å². The van der Waals surface area contributed by atoms with Gasteiger partial charge in [0.25, 0.3) is 0 Å². The van der Waals surface area contributed by atoms with Crippen molar-refractivity contribution in [1.82, 2.24) is 4.90 Å². The van der Waals surface area contributed by atoms with E-state index in [1.807, 2.05) is 0 Å². The van der Waals surface area contributed by atoms with Crippen molar-refractivity contribution in [3.05, 3.63) is 12.2 Å². The van der Waals surface area contributed by atoms with Crippen LogP contribution in [0.2, 0.25) is 0 Å². The number of nitrogens with zero attached hydrogens (tertiary/aromatic N) is 1. The largest absolute Gasteiger partial charge is 0.444 e. The van der Waals surface area contributed by atoms with Crippen molar-refractivity contribution in [2.24, 2.45) is 0 Å². The lowest BCUT2D eigenvalue weighted by molar-refractivity contribution is -0.000662. The molecule has 1 rings (SSSR count). The minimum absolute atomic E-state index is 0.381. The zero-order chi connectivity index (χ0) is 12.3. The molecule has 0 aromatic rings. The molecule has 0 fully saturated rings. The summed E-state index contributed by atoms with van der Waals surface area (Å²) in [5.41, 5.74) is -0.561. The Kier molecular flexibility index (Phi) is 3.93. The molecule has 16 heavy (non-hydrogen) atoms.